The molecule has 0 aliphatic rings. The average Bonchev–Trinajstić information content (AvgIpc) is 2.26. The van der Waals surface area contributed by atoms with Gasteiger partial charge in [-0.15, -0.1) is 11.8 Å². The number of nitrogens with two attached hydrogens (primary N) is 1. The number of anilines is 1. The molecule has 1 amide bonds. The maximum Gasteiger partial charge on any atom is 0.232 e. The molecule has 2 N–H and O–H groups in total. The third kappa shape index (κ3) is 3.45. The Morgan fingerprint density at radius 3 is 2.62 bits per heavy atom. The molecule has 88 valence electrons. The molecule has 0 aliphatic carbocycles. The third-order valence-electron chi connectivity index (χ3n) is 2.44. The first-order valence-electron chi connectivity index (χ1n) is 5.25. The lowest BCUT2D eigenvalue weighted by atomic mass is 10.3. The Morgan fingerprint density at radius 1 is 1.44 bits per heavy atom. The maximum absolute atomic E-state index is 11.7. The molecule has 0 aliphatic heterocycles. The normalized spacial score (nSPS) is 10.5. The van der Waals surface area contributed by atoms with Crippen molar-refractivity contribution in [2.24, 2.45) is 0 Å². The van der Waals surface area contributed by atoms with E-state index in [0.29, 0.717) is 5.75 Å². The second-order valence-electron chi connectivity index (χ2n) is 3.92. The predicted molar refractivity (Wildman–Crippen MR) is 69.5 cm³/mol. The molecule has 0 spiro atoms. The molecule has 0 saturated carbocycles. The molecule has 0 heterocycles. The molecule has 0 saturated heterocycles. The summed E-state index contributed by atoms with van der Waals surface area (Å²) < 4.78 is 0. The highest BCUT2D eigenvalue weighted by atomic mass is 32.2. The third-order valence-corrected chi connectivity index (χ3v) is 3.51. The number of carbonyl (C=O) groups excluding carboxylic acids is 1. The Balaban J connectivity index is 2.52. The summed E-state index contributed by atoms with van der Waals surface area (Å²) in [4.78, 5) is 14.4. The number of hydrogen-bond acceptors (Lipinski definition) is 3. The summed E-state index contributed by atoms with van der Waals surface area (Å²) in [5.41, 5.74) is 6.53. The summed E-state index contributed by atoms with van der Waals surface area (Å²) >= 11 is 1.48. The minimum absolute atomic E-state index is 0.128. The van der Waals surface area contributed by atoms with Gasteiger partial charge >= 0.3 is 0 Å². The zero-order valence-electron chi connectivity index (χ0n) is 9.93. The fraction of sp³-hybridized carbons (Fsp3) is 0.417. The second-order valence-corrected chi connectivity index (χ2v) is 4.94. The van der Waals surface area contributed by atoms with Crippen LogP contribution >= 0.6 is 11.8 Å². The summed E-state index contributed by atoms with van der Waals surface area (Å²) in [5, 5.41) is 0. The highest BCUT2D eigenvalue weighted by Crippen LogP contribution is 2.24. The molecule has 0 radical (unpaired) electrons. The van der Waals surface area contributed by atoms with Crippen LogP contribution in [-0.4, -0.2) is 29.6 Å². The van der Waals surface area contributed by atoms with Crippen LogP contribution in [0.3, 0.4) is 0 Å². The lowest BCUT2D eigenvalue weighted by molar-refractivity contribution is -0.128. The lowest BCUT2D eigenvalue weighted by Crippen LogP contribution is -2.34. The van der Waals surface area contributed by atoms with Crippen LogP contribution in [0.1, 0.15) is 13.8 Å². The molecule has 0 atom stereocenters. The van der Waals surface area contributed by atoms with Crippen molar-refractivity contribution in [2.75, 3.05) is 18.5 Å². The van der Waals surface area contributed by atoms with Gasteiger partial charge in [0.1, 0.15) is 0 Å². The lowest BCUT2D eigenvalue weighted by Gasteiger charge is -2.21. The van der Waals surface area contributed by atoms with Gasteiger partial charge in [0.2, 0.25) is 5.91 Å². The van der Waals surface area contributed by atoms with Crippen molar-refractivity contribution >= 4 is 23.4 Å². The number of carbonyl (C=O) groups is 1. The summed E-state index contributed by atoms with van der Waals surface area (Å²) in [6, 6.07) is 7.83. The first kappa shape index (κ1) is 12.9. The summed E-state index contributed by atoms with van der Waals surface area (Å²) in [5.74, 6) is 0.561. The maximum atomic E-state index is 11.7. The van der Waals surface area contributed by atoms with Crippen molar-refractivity contribution in [2.45, 2.75) is 24.8 Å². The minimum Gasteiger partial charge on any atom is -0.398 e. The number of para-hydroxylation sites is 1. The van der Waals surface area contributed by atoms with E-state index in [-0.39, 0.29) is 11.9 Å². The van der Waals surface area contributed by atoms with Crippen LogP contribution in [0.15, 0.2) is 29.2 Å². The van der Waals surface area contributed by atoms with Gasteiger partial charge in [0.25, 0.3) is 0 Å². The molecule has 16 heavy (non-hydrogen) atoms. The number of rotatable bonds is 4. The first-order valence-corrected chi connectivity index (χ1v) is 6.24. The van der Waals surface area contributed by atoms with Gasteiger partial charge in [0.05, 0.1) is 5.75 Å². The number of nitrogen functional groups attached to an aromatic ring is 1. The van der Waals surface area contributed by atoms with Gasteiger partial charge in [-0.25, -0.2) is 0 Å². The van der Waals surface area contributed by atoms with E-state index in [0.717, 1.165) is 10.6 Å². The van der Waals surface area contributed by atoms with Gasteiger partial charge in [-0.3, -0.25) is 4.79 Å². The van der Waals surface area contributed by atoms with Crippen molar-refractivity contribution in [3.05, 3.63) is 24.3 Å². The average molecular weight is 238 g/mol. The largest absolute Gasteiger partial charge is 0.398 e. The minimum atomic E-state index is 0.128. The van der Waals surface area contributed by atoms with E-state index >= 15 is 0 Å². The highest BCUT2D eigenvalue weighted by Gasteiger charge is 2.12. The number of thioether (sulfide) groups is 1. The molecule has 1 aromatic carbocycles. The summed E-state index contributed by atoms with van der Waals surface area (Å²) in [7, 11) is 1.82. The van der Waals surface area contributed by atoms with E-state index in [2.05, 4.69) is 0 Å². The number of benzene rings is 1. The SMILES string of the molecule is CC(C)N(C)C(=O)CSc1ccccc1N. The molecular formula is C12H18N2OS. The van der Waals surface area contributed by atoms with Crippen molar-refractivity contribution in [1.82, 2.24) is 4.90 Å². The second kappa shape index (κ2) is 5.80. The molecule has 0 aromatic heterocycles. The van der Waals surface area contributed by atoms with Gasteiger partial charge in [-0.1, -0.05) is 12.1 Å². The number of hydrogen-bond donors (Lipinski definition) is 1. The molecule has 4 heteroatoms. The van der Waals surface area contributed by atoms with Gasteiger partial charge in [-0.2, -0.15) is 0 Å². The molecule has 0 unspecified atom stereocenters. The van der Waals surface area contributed by atoms with Crippen molar-refractivity contribution in [3.63, 3.8) is 0 Å². The monoisotopic (exact) mass is 238 g/mol. The standard InChI is InChI=1S/C12H18N2OS/c1-9(2)14(3)12(15)8-16-11-7-5-4-6-10(11)13/h4-7,9H,8,13H2,1-3H3. The van der Waals surface area contributed by atoms with Crippen LogP contribution in [0.4, 0.5) is 5.69 Å². The fourth-order valence-corrected chi connectivity index (χ4v) is 2.03. The zero-order valence-corrected chi connectivity index (χ0v) is 10.8. The Kier molecular flexibility index (Phi) is 4.68. The van der Waals surface area contributed by atoms with Crippen molar-refractivity contribution < 1.29 is 4.79 Å². The van der Waals surface area contributed by atoms with Gasteiger partial charge in [-0.05, 0) is 26.0 Å². The first-order chi connectivity index (χ1) is 7.52. The fourth-order valence-electron chi connectivity index (χ4n) is 1.14. The highest BCUT2D eigenvalue weighted by molar-refractivity contribution is 8.00. The van der Waals surface area contributed by atoms with E-state index in [1.165, 1.54) is 11.8 Å². The number of amides is 1. The van der Waals surface area contributed by atoms with Crippen LogP contribution in [0.25, 0.3) is 0 Å². The molecule has 1 rings (SSSR count). The van der Waals surface area contributed by atoms with E-state index in [1.54, 1.807) is 4.90 Å². The predicted octanol–water partition coefficient (Wildman–Crippen LogP) is 2.23. The van der Waals surface area contributed by atoms with Gasteiger partial charge in [0, 0.05) is 23.7 Å². The Bertz CT molecular complexity index is 366. The summed E-state index contributed by atoms with van der Waals surface area (Å²) in [6.45, 7) is 4.00. The van der Waals surface area contributed by atoms with Crippen LogP contribution in [0, 0.1) is 0 Å². The Labute approximate surface area is 101 Å². The van der Waals surface area contributed by atoms with Crippen LogP contribution in [-0.2, 0) is 4.79 Å². The van der Waals surface area contributed by atoms with E-state index in [1.807, 2.05) is 45.2 Å². The van der Waals surface area contributed by atoms with Crippen molar-refractivity contribution in [3.8, 4) is 0 Å². The zero-order chi connectivity index (χ0) is 12.1. The molecule has 0 bridgehead atoms. The van der Waals surface area contributed by atoms with E-state index in [9.17, 15) is 4.79 Å². The summed E-state index contributed by atoms with van der Waals surface area (Å²) in [6.07, 6.45) is 0. The van der Waals surface area contributed by atoms with Crippen LogP contribution in [0.2, 0.25) is 0 Å². The van der Waals surface area contributed by atoms with Crippen LogP contribution in [0.5, 0.6) is 0 Å². The van der Waals surface area contributed by atoms with Gasteiger partial charge in [0.15, 0.2) is 0 Å². The quantitative estimate of drug-likeness (QED) is 0.646. The molecule has 0 fully saturated rings. The number of nitrogens with zero attached hydrogens (tertiary/aromatic N) is 1. The van der Waals surface area contributed by atoms with Crippen molar-refractivity contribution in [1.29, 1.82) is 0 Å². The molecular weight excluding hydrogens is 220 g/mol. The molecule has 3 nitrogen and oxygen atoms in total. The smallest absolute Gasteiger partial charge is 0.232 e. The Morgan fingerprint density at radius 2 is 2.06 bits per heavy atom. The topological polar surface area (TPSA) is 46.3 Å². The molecule has 1 aromatic rings. The van der Waals surface area contributed by atoms with Crippen LogP contribution < -0.4 is 5.73 Å². The van der Waals surface area contributed by atoms with Gasteiger partial charge < -0.3 is 10.6 Å². The Hall–Kier alpha value is -1.16. The van der Waals surface area contributed by atoms with E-state index < -0.39 is 0 Å². The van der Waals surface area contributed by atoms with E-state index in [4.69, 9.17) is 5.73 Å².